The quantitative estimate of drug-likeness (QED) is 0.511. The van der Waals surface area contributed by atoms with Crippen LogP contribution in [0.3, 0.4) is 0 Å². The van der Waals surface area contributed by atoms with Gasteiger partial charge >= 0.3 is 0 Å². The fraction of sp³-hybridized carbons (Fsp3) is 0.333. The number of hydrogen-bond acceptors (Lipinski definition) is 5. The lowest BCUT2D eigenvalue weighted by molar-refractivity contribution is -0.384. The Bertz CT molecular complexity index is 840. The second-order valence-corrected chi connectivity index (χ2v) is 7.49. The standard InChI is InChI=1S/C18H19N3O3S/c1-11-3-8-16-14(9-11)10-17(25-16)18(22)20-19-12(2)13-4-6-15(7-5-13)21(23)24/h4-7,10-11H,3,8-9H2,1-2H3,(H,20,22)/b19-12-/t11-/m0/s1. The molecule has 0 bridgehead atoms. The molecular weight excluding hydrogens is 338 g/mol. The number of amides is 1. The highest BCUT2D eigenvalue weighted by Crippen LogP contribution is 2.32. The van der Waals surface area contributed by atoms with Crippen molar-refractivity contribution in [2.45, 2.75) is 33.1 Å². The second kappa shape index (κ2) is 7.14. The van der Waals surface area contributed by atoms with Crippen molar-refractivity contribution in [2.75, 3.05) is 0 Å². The lowest BCUT2D eigenvalue weighted by atomic mass is 9.90. The maximum atomic E-state index is 12.3. The van der Waals surface area contributed by atoms with E-state index in [2.05, 4.69) is 17.5 Å². The molecule has 2 aromatic rings. The van der Waals surface area contributed by atoms with Gasteiger partial charge in [-0.15, -0.1) is 11.3 Å². The van der Waals surface area contributed by atoms with Crippen molar-refractivity contribution in [1.82, 2.24) is 5.43 Å². The molecule has 1 aromatic carbocycles. The Kier molecular flexibility index (Phi) is 4.94. The molecule has 1 amide bonds. The molecule has 1 aromatic heterocycles. The highest BCUT2D eigenvalue weighted by Gasteiger charge is 2.20. The molecule has 0 unspecified atom stereocenters. The number of hydrazone groups is 1. The largest absolute Gasteiger partial charge is 0.281 e. The van der Waals surface area contributed by atoms with Crippen LogP contribution in [0.2, 0.25) is 0 Å². The Hall–Kier alpha value is -2.54. The van der Waals surface area contributed by atoms with Crippen LogP contribution in [0.4, 0.5) is 5.69 Å². The predicted octanol–water partition coefficient (Wildman–Crippen LogP) is 3.94. The van der Waals surface area contributed by atoms with Crippen LogP contribution >= 0.6 is 11.3 Å². The van der Waals surface area contributed by atoms with Gasteiger partial charge in [0.25, 0.3) is 11.6 Å². The Morgan fingerprint density at radius 1 is 1.36 bits per heavy atom. The first-order valence-electron chi connectivity index (χ1n) is 8.15. The second-order valence-electron chi connectivity index (χ2n) is 6.35. The summed E-state index contributed by atoms with van der Waals surface area (Å²) in [4.78, 5) is 24.5. The summed E-state index contributed by atoms with van der Waals surface area (Å²) in [5.74, 6) is 0.453. The molecule has 3 rings (SSSR count). The van der Waals surface area contributed by atoms with Crippen LogP contribution in [-0.4, -0.2) is 16.5 Å². The average Bonchev–Trinajstić information content (AvgIpc) is 3.02. The number of nitro benzene ring substituents is 1. The number of nitro groups is 1. The molecule has 0 spiro atoms. The average molecular weight is 357 g/mol. The summed E-state index contributed by atoms with van der Waals surface area (Å²) >= 11 is 1.54. The molecule has 0 fully saturated rings. The highest BCUT2D eigenvalue weighted by atomic mass is 32.1. The van der Waals surface area contributed by atoms with Crippen LogP contribution in [-0.2, 0) is 12.8 Å². The molecule has 1 heterocycles. The molecule has 0 aliphatic heterocycles. The molecule has 130 valence electrons. The van der Waals surface area contributed by atoms with Crippen LogP contribution in [0.25, 0.3) is 0 Å². The van der Waals surface area contributed by atoms with Crippen LogP contribution in [0, 0.1) is 16.0 Å². The van der Waals surface area contributed by atoms with Gasteiger partial charge in [0.1, 0.15) is 0 Å². The van der Waals surface area contributed by atoms with Gasteiger partial charge in [-0.05, 0) is 61.4 Å². The summed E-state index contributed by atoms with van der Waals surface area (Å²) in [5.41, 5.74) is 5.21. The van der Waals surface area contributed by atoms with Gasteiger partial charge < -0.3 is 0 Å². The molecule has 1 atom stereocenters. The van der Waals surface area contributed by atoms with Crippen LogP contribution in [0.5, 0.6) is 0 Å². The number of rotatable bonds is 4. The number of aryl methyl sites for hydroxylation is 1. The molecule has 6 nitrogen and oxygen atoms in total. The topological polar surface area (TPSA) is 84.6 Å². The van der Waals surface area contributed by atoms with Crippen molar-refractivity contribution in [3.8, 4) is 0 Å². The lowest BCUT2D eigenvalue weighted by Crippen LogP contribution is -2.18. The normalized spacial score (nSPS) is 17.0. The third-order valence-electron chi connectivity index (χ3n) is 4.37. The minimum atomic E-state index is -0.447. The summed E-state index contributed by atoms with van der Waals surface area (Å²) in [5, 5.41) is 14.8. The van der Waals surface area contributed by atoms with E-state index in [1.54, 1.807) is 30.4 Å². The molecule has 0 radical (unpaired) electrons. The lowest BCUT2D eigenvalue weighted by Gasteiger charge is -2.16. The summed E-state index contributed by atoms with van der Waals surface area (Å²) in [6, 6.07) is 8.06. The van der Waals surface area contributed by atoms with E-state index in [-0.39, 0.29) is 11.6 Å². The summed E-state index contributed by atoms with van der Waals surface area (Å²) in [6.45, 7) is 3.99. The first kappa shape index (κ1) is 17.3. The Morgan fingerprint density at radius 3 is 2.76 bits per heavy atom. The zero-order chi connectivity index (χ0) is 18.0. The van der Waals surface area contributed by atoms with Crippen LogP contribution in [0.1, 0.15) is 45.9 Å². The molecular formula is C18H19N3O3S. The maximum absolute atomic E-state index is 12.3. The number of benzene rings is 1. The Balaban J connectivity index is 1.68. The number of fused-ring (bicyclic) bond motifs is 1. The van der Waals surface area contributed by atoms with Crippen molar-refractivity contribution >= 4 is 28.6 Å². The van der Waals surface area contributed by atoms with Gasteiger partial charge in [-0.1, -0.05) is 6.92 Å². The van der Waals surface area contributed by atoms with Crippen molar-refractivity contribution < 1.29 is 9.72 Å². The monoisotopic (exact) mass is 357 g/mol. The van der Waals surface area contributed by atoms with Gasteiger partial charge in [-0.3, -0.25) is 14.9 Å². The predicted molar refractivity (Wildman–Crippen MR) is 98.3 cm³/mol. The van der Waals surface area contributed by atoms with Crippen molar-refractivity contribution in [2.24, 2.45) is 11.0 Å². The molecule has 25 heavy (non-hydrogen) atoms. The van der Waals surface area contributed by atoms with E-state index in [0.29, 0.717) is 16.5 Å². The van der Waals surface area contributed by atoms with Gasteiger partial charge in [-0.25, -0.2) is 5.43 Å². The maximum Gasteiger partial charge on any atom is 0.281 e. The zero-order valence-corrected chi connectivity index (χ0v) is 14.9. The number of nitrogens with zero attached hydrogens (tertiary/aromatic N) is 2. The molecule has 7 heteroatoms. The van der Waals surface area contributed by atoms with Crippen LogP contribution in [0.15, 0.2) is 35.4 Å². The summed E-state index contributed by atoms with van der Waals surface area (Å²) < 4.78 is 0. The SMILES string of the molecule is C/C(=N/NC(=O)c1cc2c(s1)CC[C@H](C)C2)c1ccc([N+](=O)[O-])cc1. The van der Waals surface area contributed by atoms with Gasteiger partial charge in [0, 0.05) is 17.0 Å². The van der Waals surface area contributed by atoms with E-state index in [0.717, 1.165) is 18.4 Å². The number of hydrogen-bond donors (Lipinski definition) is 1. The van der Waals surface area contributed by atoms with E-state index >= 15 is 0 Å². The summed E-state index contributed by atoms with van der Waals surface area (Å²) in [6.07, 6.45) is 3.25. The molecule has 1 aliphatic rings. The van der Waals surface area contributed by atoms with Gasteiger partial charge in [-0.2, -0.15) is 5.10 Å². The van der Waals surface area contributed by atoms with E-state index in [4.69, 9.17) is 0 Å². The third kappa shape index (κ3) is 3.93. The molecule has 0 saturated heterocycles. The van der Waals surface area contributed by atoms with Gasteiger partial charge in [0.05, 0.1) is 15.5 Å². The van der Waals surface area contributed by atoms with Crippen molar-refractivity contribution in [3.63, 3.8) is 0 Å². The Labute approximate surface area is 149 Å². The molecule has 1 aliphatic carbocycles. The number of carbonyl (C=O) groups is 1. The number of carbonyl (C=O) groups excluding carboxylic acids is 1. The van der Waals surface area contributed by atoms with Gasteiger partial charge in [0.15, 0.2) is 0 Å². The molecule has 1 N–H and O–H groups in total. The van der Waals surface area contributed by atoms with Gasteiger partial charge in [0.2, 0.25) is 0 Å². The summed E-state index contributed by atoms with van der Waals surface area (Å²) in [7, 11) is 0. The van der Waals surface area contributed by atoms with Crippen molar-refractivity contribution in [3.05, 3.63) is 61.3 Å². The highest BCUT2D eigenvalue weighted by molar-refractivity contribution is 7.14. The number of nitrogens with one attached hydrogen (secondary N) is 1. The van der Waals surface area contributed by atoms with Crippen LogP contribution < -0.4 is 5.43 Å². The molecule has 0 saturated carbocycles. The number of non-ortho nitro benzene ring substituents is 1. The number of thiophene rings is 1. The fourth-order valence-corrected chi connectivity index (χ4v) is 3.99. The van der Waals surface area contributed by atoms with E-state index in [1.807, 2.05) is 6.07 Å². The zero-order valence-electron chi connectivity index (χ0n) is 14.1. The minimum absolute atomic E-state index is 0.0268. The minimum Gasteiger partial charge on any atom is -0.266 e. The van der Waals surface area contributed by atoms with E-state index in [1.165, 1.54) is 29.0 Å². The smallest absolute Gasteiger partial charge is 0.266 e. The first-order chi connectivity index (χ1) is 11.9. The fourth-order valence-electron chi connectivity index (χ4n) is 2.90. The van der Waals surface area contributed by atoms with Crippen molar-refractivity contribution in [1.29, 1.82) is 0 Å². The first-order valence-corrected chi connectivity index (χ1v) is 8.96. The third-order valence-corrected chi connectivity index (χ3v) is 5.61. The van der Waals surface area contributed by atoms with E-state index < -0.39 is 4.92 Å². The Morgan fingerprint density at radius 2 is 2.08 bits per heavy atom. The van der Waals surface area contributed by atoms with E-state index in [9.17, 15) is 14.9 Å².